The van der Waals surface area contributed by atoms with Gasteiger partial charge in [0.1, 0.15) is 0 Å². The summed E-state index contributed by atoms with van der Waals surface area (Å²) < 4.78 is 0. The van der Waals surface area contributed by atoms with Gasteiger partial charge in [0.15, 0.2) is 0 Å². The second-order valence-corrected chi connectivity index (χ2v) is 4.53. The minimum atomic E-state index is 0. The number of aryl methyl sites for hydroxylation is 1. The second-order valence-electron chi connectivity index (χ2n) is 4.53. The maximum Gasteiger partial charge on any atom is 0.0921 e. The van der Waals surface area contributed by atoms with Gasteiger partial charge >= 0.3 is 0 Å². The van der Waals surface area contributed by atoms with Crippen LogP contribution in [0.25, 0.3) is 0 Å². The highest BCUT2D eigenvalue weighted by Crippen LogP contribution is 2.26. The molecular weight excluding hydrogens is 210 g/mol. The Bertz CT molecular complexity index is 462. The molecule has 90 valence electrons. The fourth-order valence-corrected chi connectivity index (χ4v) is 2.54. The lowest BCUT2D eigenvalue weighted by Gasteiger charge is -2.23. The summed E-state index contributed by atoms with van der Waals surface area (Å²) in [6.45, 7) is 0. The van der Waals surface area contributed by atoms with Gasteiger partial charge in [-0.2, -0.15) is 0 Å². The van der Waals surface area contributed by atoms with E-state index in [1.807, 2.05) is 18.6 Å². The normalized spacial score (nSPS) is 18.2. The van der Waals surface area contributed by atoms with E-state index in [2.05, 4.69) is 21.0 Å². The van der Waals surface area contributed by atoms with Crippen molar-refractivity contribution >= 4 is 0 Å². The molecule has 1 unspecified atom stereocenters. The Morgan fingerprint density at radius 3 is 3.00 bits per heavy atom. The van der Waals surface area contributed by atoms with E-state index in [4.69, 9.17) is 0 Å². The van der Waals surface area contributed by atoms with Crippen molar-refractivity contribution in [3.63, 3.8) is 0 Å². The molecule has 17 heavy (non-hydrogen) atoms. The largest absolute Gasteiger partial charge is 0.348 e. The first-order valence-electron chi connectivity index (χ1n) is 5.81. The van der Waals surface area contributed by atoms with Crippen molar-refractivity contribution in [2.75, 3.05) is 0 Å². The molecule has 1 N–H and O–H groups in total. The number of aromatic amines is 1. The monoisotopic (exact) mass is 229 g/mol. The number of rotatable bonds is 2. The summed E-state index contributed by atoms with van der Waals surface area (Å²) >= 11 is 0. The predicted octanol–water partition coefficient (Wildman–Crippen LogP) is 2.79. The average molecular weight is 229 g/mol. The lowest BCUT2D eigenvalue weighted by molar-refractivity contribution is 0.451. The van der Waals surface area contributed by atoms with Gasteiger partial charge in [-0.05, 0) is 48.8 Å². The van der Waals surface area contributed by atoms with E-state index in [1.165, 1.54) is 29.7 Å². The molecule has 0 amide bonds. The van der Waals surface area contributed by atoms with Crippen molar-refractivity contribution in [2.24, 2.45) is 5.92 Å². The first kappa shape index (κ1) is 11.8. The third-order valence-corrected chi connectivity index (χ3v) is 3.40. The molecule has 1 aliphatic carbocycles. The Morgan fingerprint density at radius 1 is 1.24 bits per heavy atom. The van der Waals surface area contributed by atoms with E-state index in [0.717, 1.165) is 18.8 Å². The van der Waals surface area contributed by atoms with E-state index in [-0.39, 0.29) is 7.43 Å². The van der Waals surface area contributed by atoms with Gasteiger partial charge < -0.3 is 4.98 Å². The molecule has 2 aromatic rings. The van der Waals surface area contributed by atoms with Crippen LogP contribution in [0.2, 0.25) is 0 Å². The number of nitrogens with one attached hydrogen (secondary N) is 1. The van der Waals surface area contributed by atoms with Gasteiger partial charge in [-0.1, -0.05) is 7.43 Å². The molecule has 0 aromatic carbocycles. The second kappa shape index (κ2) is 5.13. The van der Waals surface area contributed by atoms with Crippen molar-refractivity contribution < 1.29 is 0 Å². The minimum absolute atomic E-state index is 0. The van der Waals surface area contributed by atoms with Gasteiger partial charge in [-0.25, -0.2) is 4.98 Å². The zero-order chi connectivity index (χ0) is 10.8. The van der Waals surface area contributed by atoms with Gasteiger partial charge in [0, 0.05) is 24.3 Å². The van der Waals surface area contributed by atoms with E-state index < -0.39 is 0 Å². The van der Waals surface area contributed by atoms with Crippen molar-refractivity contribution in [1.82, 2.24) is 15.0 Å². The van der Waals surface area contributed by atoms with Crippen LogP contribution in [0.15, 0.2) is 31.0 Å². The molecule has 3 rings (SSSR count). The third-order valence-electron chi connectivity index (χ3n) is 3.40. The van der Waals surface area contributed by atoms with Crippen LogP contribution in [0.3, 0.4) is 0 Å². The highest BCUT2D eigenvalue weighted by Gasteiger charge is 2.19. The standard InChI is InChI=1S/C13H15N3.CH4/c1-2-11-3-4-14-7-12(11)5-10(1)6-13-8-15-9-16-13;/h3-4,7-10H,1-2,5-6H2,(H,15,16);1H4. The highest BCUT2D eigenvalue weighted by atomic mass is 14.9. The van der Waals surface area contributed by atoms with E-state index in [1.54, 1.807) is 6.33 Å². The Morgan fingerprint density at radius 2 is 2.18 bits per heavy atom. The Labute approximate surface area is 102 Å². The predicted molar refractivity (Wildman–Crippen MR) is 68.8 cm³/mol. The van der Waals surface area contributed by atoms with Crippen LogP contribution in [-0.4, -0.2) is 15.0 Å². The number of aromatic nitrogens is 3. The first-order valence-corrected chi connectivity index (χ1v) is 5.81. The van der Waals surface area contributed by atoms with E-state index >= 15 is 0 Å². The summed E-state index contributed by atoms with van der Waals surface area (Å²) in [5.74, 6) is 0.733. The summed E-state index contributed by atoms with van der Waals surface area (Å²) in [7, 11) is 0. The van der Waals surface area contributed by atoms with Crippen LogP contribution < -0.4 is 0 Å². The number of H-pyrrole nitrogens is 1. The first-order chi connectivity index (χ1) is 7.92. The summed E-state index contributed by atoms with van der Waals surface area (Å²) in [6, 6.07) is 2.15. The molecule has 2 heterocycles. The fraction of sp³-hybridized carbons (Fsp3) is 0.429. The van der Waals surface area contributed by atoms with Crippen LogP contribution in [0, 0.1) is 5.92 Å². The topological polar surface area (TPSA) is 41.6 Å². The number of hydrogen-bond donors (Lipinski definition) is 1. The maximum absolute atomic E-state index is 4.21. The number of pyridine rings is 1. The fourth-order valence-electron chi connectivity index (χ4n) is 2.54. The van der Waals surface area contributed by atoms with E-state index in [0.29, 0.717) is 0 Å². The van der Waals surface area contributed by atoms with Gasteiger partial charge in [0.2, 0.25) is 0 Å². The van der Waals surface area contributed by atoms with Crippen LogP contribution in [0.5, 0.6) is 0 Å². The summed E-state index contributed by atoms with van der Waals surface area (Å²) in [5.41, 5.74) is 4.16. The minimum Gasteiger partial charge on any atom is -0.348 e. The summed E-state index contributed by atoms with van der Waals surface area (Å²) in [4.78, 5) is 11.5. The summed E-state index contributed by atoms with van der Waals surface area (Å²) in [5, 5.41) is 0. The van der Waals surface area contributed by atoms with Gasteiger partial charge in [0.05, 0.1) is 6.33 Å². The van der Waals surface area contributed by atoms with Crippen LogP contribution in [0.1, 0.15) is 30.7 Å². The zero-order valence-corrected chi connectivity index (χ0v) is 9.19. The quantitative estimate of drug-likeness (QED) is 0.860. The maximum atomic E-state index is 4.21. The smallest absolute Gasteiger partial charge is 0.0921 e. The molecular formula is C14H19N3. The molecule has 0 fully saturated rings. The van der Waals surface area contributed by atoms with Crippen molar-refractivity contribution in [2.45, 2.75) is 33.1 Å². The van der Waals surface area contributed by atoms with Crippen molar-refractivity contribution in [1.29, 1.82) is 0 Å². The molecule has 1 atom stereocenters. The number of fused-ring (bicyclic) bond motifs is 1. The molecule has 0 spiro atoms. The zero-order valence-electron chi connectivity index (χ0n) is 9.19. The summed E-state index contributed by atoms with van der Waals surface area (Å²) in [6.07, 6.45) is 12.3. The number of hydrogen-bond acceptors (Lipinski definition) is 2. The highest BCUT2D eigenvalue weighted by molar-refractivity contribution is 5.26. The lowest BCUT2D eigenvalue weighted by atomic mass is 9.83. The third kappa shape index (κ3) is 2.54. The molecule has 3 heteroatoms. The van der Waals surface area contributed by atoms with Crippen LogP contribution >= 0.6 is 0 Å². The van der Waals surface area contributed by atoms with Gasteiger partial charge in [0.25, 0.3) is 0 Å². The van der Waals surface area contributed by atoms with E-state index in [9.17, 15) is 0 Å². The Hall–Kier alpha value is -1.64. The van der Waals surface area contributed by atoms with Crippen molar-refractivity contribution in [3.8, 4) is 0 Å². The van der Waals surface area contributed by atoms with Gasteiger partial charge in [-0.3, -0.25) is 4.98 Å². The molecule has 0 saturated heterocycles. The van der Waals surface area contributed by atoms with Gasteiger partial charge in [-0.15, -0.1) is 0 Å². The Kier molecular flexibility index (Phi) is 3.57. The molecule has 0 saturated carbocycles. The van der Waals surface area contributed by atoms with Crippen molar-refractivity contribution in [3.05, 3.63) is 47.8 Å². The number of imidazole rings is 1. The average Bonchev–Trinajstić information content (AvgIpc) is 2.82. The SMILES string of the molecule is C.c1cc2c(cn1)CC(Cc1cnc[nH]1)CC2. The number of nitrogens with zero attached hydrogens (tertiary/aromatic N) is 2. The van der Waals surface area contributed by atoms with Crippen LogP contribution in [0.4, 0.5) is 0 Å². The molecule has 1 aliphatic rings. The lowest BCUT2D eigenvalue weighted by Crippen LogP contribution is -2.16. The molecule has 2 aromatic heterocycles. The molecule has 0 bridgehead atoms. The molecule has 0 aliphatic heterocycles. The molecule has 0 radical (unpaired) electrons. The molecule has 3 nitrogen and oxygen atoms in total. The van der Waals surface area contributed by atoms with Crippen LogP contribution in [-0.2, 0) is 19.3 Å². The Balaban J connectivity index is 0.00000108.